The first kappa shape index (κ1) is 25.0. The van der Waals surface area contributed by atoms with Gasteiger partial charge in [0.2, 0.25) is 5.88 Å². The third-order valence-corrected chi connectivity index (χ3v) is 6.63. The molecule has 1 aromatic heterocycles. The van der Waals surface area contributed by atoms with Crippen LogP contribution in [0.1, 0.15) is 33.7 Å². The maximum atomic E-state index is 13.7. The molecule has 192 valence electrons. The second-order valence-corrected chi connectivity index (χ2v) is 9.04. The van der Waals surface area contributed by atoms with Gasteiger partial charge < -0.3 is 19.6 Å². The van der Waals surface area contributed by atoms with Crippen molar-refractivity contribution in [3.63, 3.8) is 0 Å². The fraction of sp³-hybridized carbons (Fsp3) is 0.172. The first-order valence-electron chi connectivity index (χ1n) is 11.5. The van der Waals surface area contributed by atoms with Crippen LogP contribution in [-0.2, 0) is 6.18 Å². The van der Waals surface area contributed by atoms with Crippen molar-refractivity contribution in [3.8, 4) is 28.7 Å². The molecule has 2 N–H and O–H groups in total. The molecule has 0 bridgehead atoms. The van der Waals surface area contributed by atoms with Crippen LogP contribution in [0.25, 0.3) is 22.1 Å². The van der Waals surface area contributed by atoms with Crippen molar-refractivity contribution in [3.05, 3.63) is 104 Å². The van der Waals surface area contributed by atoms with Gasteiger partial charge in [-0.2, -0.15) is 18.4 Å². The van der Waals surface area contributed by atoms with E-state index < -0.39 is 23.3 Å². The molecule has 38 heavy (non-hydrogen) atoms. The summed E-state index contributed by atoms with van der Waals surface area (Å²) in [4.78, 5) is 13.2. The maximum Gasteiger partial charge on any atom is 0.416 e. The van der Waals surface area contributed by atoms with Crippen LogP contribution < -0.4 is 20.8 Å². The second kappa shape index (κ2) is 8.99. The Labute approximate surface area is 215 Å². The first-order chi connectivity index (χ1) is 18.0. The van der Waals surface area contributed by atoms with E-state index in [1.165, 1.54) is 20.1 Å². The molecule has 6 nitrogen and oxygen atoms in total. The summed E-state index contributed by atoms with van der Waals surface area (Å²) >= 11 is 0. The van der Waals surface area contributed by atoms with Gasteiger partial charge in [-0.3, -0.25) is 0 Å². The number of ether oxygens (including phenoxy) is 2. The van der Waals surface area contributed by atoms with Crippen molar-refractivity contribution in [2.75, 3.05) is 7.11 Å². The van der Waals surface area contributed by atoms with Gasteiger partial charge >= 0.3 is 11.8 Å². The SMILES string of the molecule is COc1ccc(C2C(C#N)=C(N)Oc3c2c(=O)oc2ccc(C)cc32)cc1-c1ccc(C)c(C(F)(F)F)c1. The first-order valence-corrected chi connectivity index (χ1v) is 11.5. The number of nitrogens with zero attached hydrogens (tertiary/aromatic N) is 1. The Hall–Kier alpha value is -4.71. The summed E-state index contributed by atoms with van der Waals surface area (Å²) in [5.41, 5.74) is 7.01. The zero-order valence-electron chi connectivity index (χ0n) is 20.6. The molecular weight excluding hydrogens is 497 g/mol. The fourth-order valence-electron chi connectivity index (χ4n) is 4.79. The maximum absolute atomic E-state index is 13.7. The lowest BCUT2D eigenvalue weighted by Gasteiger charge is -2.26. The van der Waals surface area contributed by atoms with E-state index in [0.29, 0.717) is 27.8 Å². The Bertz CT molecular complexity index is 1750. The van der Waals surface area contributed by atoms with E-state index in [9.17, 15) is 23.2 Å². The smallest absolute Gasteiger partial charge is 0.416 e. The Morgan fingerprint density at radius 2 is 1.82 bits per heavy atom. The van der Waals surface area contributed by atoms with E-state index in [4.69, 9.17) is 19.6 Å². The monoisotopic (exact) mass is 518 g/mol. The Morgan fingerprint density at radius 3 is 2.50 bits per heavy atom. The number of nitriles is 1. The number of aryl methyl sites for hydroxylation is 2. The molecule has 0 fully saturated rings. The summed E-state index contributed by atoms with van der Waals surface area (Å²) in [6.07, 6.45) is -4.55. The van der Waals surface area contributed by atoms with Crippen LogP contribution in [0.4, 0.5) is 13.2 Å². The van der Waals surface area contributed by atoms with Crippen LogP contribution in [-0.4, -0.2) is 7.11 Å². The van der Waals surface area contributed by atoms with Crippen molar-refractivity contribution in [2.24, 2.45) is 5.73 Å². The van der Waals surface area contributed by atoms with E-state index in [-0.39, 0.29) is 33.9 Å². The van der Waals surface area contributed by atoms with Gasteiger partial charge in [0.1, 0.15) is 23.0 Å². The Kier molecular flexibility index (Phi) is 5.91. The number of methoxy groups -OCH3 is 1. The summed E-state index contributed by atoms with van der Waals surface area (Å²) in [7, 11) is 1.41. The minimum absolute atomic E-state index is 0.0205. The average molecular weight is 518 g/mol. The standard InChI is InChI=1S/C29H21F3N2O4/c1-14-4-8-23-19(10-14)26-25(28(35)37-23)24(20(13-33)27(34)38-26)17-7-9-22(36-3)18(11-17)16-6-5-15(2)21(12-16)29(30,31)32/h4-12,24H,34H2,1-3H3. The average Bonchev–Trinajstić information content (AvgIpc) is 2.87. The molecule has 5 rings (SSSR count). The predicted octanol–water partition coefficient (Wildman–Crippen LogP) is 6.32. The molecule has 0 amide bonds. The molecule has 9 heteroatoms. The van der Waals surface area contributed by atoms with Crippen molar-refractivity contribution < 1.29 is 27.1 Å². The molecule has 1 aliphatic rings. The number of nitrogens with two attached hydrogens (primary N) is 1. The zero-order valence-corrected chi connectivity index (χ0v) is 20.6. The lowest BCUT2D eigenvalue weighted by atomic mass is 9.82. The van der Waals surface area contributed by atoms with Crippen LogP contribution in [0.3, 0.4) is 0 Å². The molecule has 4 aromatic rings. The highest BCUT2D eigenvalue weighted by Crippen LogP contribution is 2.46. The minimum Gasteiger partial charge on any atom is -0.496 e. The molecule has 0 saturated carbocycles. The van der Waals surface area contributed by atoms with Crippen molar-refractivity contribution in [1.82, 2.24) is 0 Å². The van der Waals surface area contributed by atoms with Crippen LogP contribution in [0.2, 0.25) is 0 Å². The molecule has 1 aliphatic heterocycles. The van der Waals surface area contributed by atoms with Gasteiger partial charge in [0.15, 0.2) is 5.75 Å². The number of allylic oxidation sites excluding steroid dienone is 1. The summed E-state index contributed by atoms with van der Waals surface area (Å²) in [5.74, 6) is -0.671. The van der Waals surface area contributed by atoms with E-state index >= 15 is 0 Å². The number of rotatable bonds is 3. The van der Waals surface area contributed by atoms with Crippen LogP contribution in [0, 0.1) is 25.2 Å². The van der Waals surface area contributed by atoms with Gasteiger partial charge in [-0.05, 0) is 60.9 Å². The molecule has 1 atom stereocenters. The van der Waals surface area contributed by atoms with Gasteiger partial charge in [0.05, 0.1) is 29.5 Å². The summed E-state index contributed by atoms with van der Waals surface area (Å²) in [6, 6.07) is 16.0. The number of alkyl halides is 3. The molecule has 0 aliphatic carbocycles. The predicted molar refractivity (Wildman–Crippen MR) is 135 cm³/mol. The lowest BCUT2D eigenvalue weighted by molar-refractivity contribution is -0.138. The summed E-state index contributed by atoms with van der Waals surface area (Å²) in [6.45, 7) is 3.25. The highest BCUT2D eigenvalue weighted by molar-refractivity contribution is 5.87. The molecular formula is C29H21F3N2O4. The lowest BCUT2D eigenvalue weighted by Crippen LogP contribution is -2.26. The van der Waals surface area contributed by atoms with Crippen LogP contribution >= 0.6 is 0 Å². The van der Waals surface area contributed by atoms with Crippen molar-refractivity contribution in [2.45, 2.75) is 25.9 Å². The van der Waals surface area contributed by atoms with Gasteiger partial charge in [-0.15, -0.1) is 0 Å². The largest absolute Gasteiger partial charge is 0.496 e. The van der Waals surface area contributed by atoms with Gasteiger partial charge in [-0.1, -0.05) is 29.8 Å². The number of hydrogen-bond donors (Lipinski definition) is 1. The number of benzene rings is 3. The van der Waals surface area contributed by atoms with E-state index in [0.717, 1.165) is 11.6 Å². The molecule has 0 saturated heterocycles. The Balaban J connectivity index is 1.78. The number of halogens is 3. The van der Waals surface area contributed by atoms with Gasteiger partial charge in [0.25, 0.3) is 0 Å². The fourth-order valence-corrected chi connectivity index (χ4v) is 4.79. The van der Waals surface area contributed by atoms with Crippen LogP contribution in [0.15, 0.2) is 75.3 Å². The second-order valence-electron chi connectivity index (χ2n) is 9.04. The third kappa shape index (κ3) is 4.04. The highest BCUT2D eigenvalue weighted by atomic mass is 19.4. The summed E-state index contributed by atoms with van der Waals surface area (Å²) in [5, 5.41) is 10.5. The normalized spacial score (nSPS) is 15.1. The number of fused-ring (bicyclic) bond motifs is 3. The van der Waals surface area contributed by atoms with Gasteiger partial charge in [-0.25, -0.2) is 4.79 Å². The molecule has 2 heterocycles. The van der Waals surface area contributed by atoms with E-state index in [1.54, 1.807) is 42.5 Å². The third-order valence-electron chi connectivity index (χ3n) is 6.63. The number of hydrogen-bond acceptors (Lipinski definition) is 6. The topological polar surface area (TPSA) is 98.5 Å². The zero-order chi connectivity index (χ0) is 27.4. The molecule has 0 radical (unpaired) electrons. The highest BCUT2D eigenvalue weighted by Gasteiger charge is 2.36. The Morgan fingerprint density at radius 1 is 1.05 bits per heavy atom. The molecule has 1 unspecified atom stereocenters. The van der Waals surface area contributed by atoms with Gasteiger partial charge in [0, 0.05) is 5.56 Å². The van der Waals surface area contributed by atoms with E-state index in [1.807, 2.05) is 13.0 Å². The summed E-state index contributed by atoms with van der Waals surface area (Å²) < 4.78 is 57.8. The molecule has 0 spiro atoms. The van der Waals surface area contributed by atoms with Crippen molar-refractivity contribution >= 4 is 11.0 Å². The van der Waals surface area contributed by atoms with Crippen LogP contribution in [0.5, 0.6) is 11.5 Å². The molecule has 3 aromatic carbocycles. The minimum atomic E-state index is -4.55. The quantitative estimate of drug-likeness (QED) is 0.319. The van der Waals surface area contributed by atoms with E-state index in [2.05, 4.69) is 0 Å². The van der Waals surface area contributed by atoms with Crippen molar-refractivity contribution in [1.29, 1.82) is 5.26 Å².